The number of aromatic nitrogens is 1. The van der Waals surface area contributed by atoms with Crippen molar-refractivity contribution in [3.05, 3.63) is 40.7 Å². The van der Waals surface area contributed by atoms with Gasteiger partial charge in [0.25, 0.3) is 5.56 Å². The average Bonchev–Trinajstić information content (AvgIpc) is 2.49. The third-order valence-electron chi connectivity index (χ3n) is 4.76. The smallest absolute Gasteiger partial charge is 0.257 e. The minimum absolute atomic E-state index is 0.0120. The second-order valence-electron chi connectivity index (χ2n) is 6.44. The molecule has 3 heteroatoms. The first-order chi connectivity index (χ1) is 10.2. The predicted octanol–water partition coefficient (Wildman–Crippen LogP) is 4.16. The highest BCUT2D eigenvalue weighted by Gasteiger charge is 2.17. The number of hydrogen-bond acceptors (Lipinski definition) is 2. The SMILES string of the molecule is CC1CCC(CCNc2cc3ccccc3c(=O)[nH]2)CC1. The molecule has 1 aromatic carbocycles. The lowest BCUT2D eigenvalue weighted by Crippen LogP contribution is -2.17. The minimum Gasteiger partial charge on any atom is -0.372 e. The number of benzene rings is 1. The first kappa shape index (κ1) is 14.2. The van der Waals surface area contributed by atoms with Crippen LogP contribution in [0.3, 0.4) is 0 Å². The molecule has 0 unspecified atom stereocenters. The molecule has 1 aromatic heterocycles. The predicted molar refractivity (Wildman–Crippen MR) is 88.8 cm³/mol. The van der Waals surface area contributed by atoms with Gasteiger partial charge >= 0.3 is 0 Å². The van der Waals surface area contributed by atoms with Crippen LogP contribution in [0.15, 0.2) is 35.1 Å². The van der Waals surface area contributed by atoms with E-state index in [1.807, 2.05) is 30.3 Å². The zero-order valence-corrected chi connectivity index (χ0v) is 12.7. The topological polar surface area (TPSA) is 44.9 Å². The lowest BCUT2D eigenvalue weighted by atomic mass is 9.81. The monoisotopic (exact) mass is 284 g/mol. The van der Waals surface area contributed by atoms with Crippen LogP contribution in [-0.4, -0.2) is 11.5 Å². The minimum atomic E-state index is -0.0120. The van der Waals surface area contributed by atoms with E-state index in [4.69, 9.17) is 0 Å². The van der Waals surface area contributed by atoms with Gasteiger partial charge in [-0.2, -0.15) is 0 Å². The fourth-order valence-corrected chi connectivity index (χ4v) is 3.33. The van der Waals surface area contributed by atoms with Gasteiger partial charge in [0.1, 0.15) is 5.82 Å². The van der Waals surface area contributed by atoms with Gasteiger partial charge in [-0.3, -0.25) is 4.79 Å². The number of H-pyrrole nitrogens is 1. The van der Waals surface area contributed by atoms with Crippen molar-refractivity contribution in [2.75, 3.05) is 11.9 Å². The van der Waals surface area contributed by atoms with E-state index in [0.717, 1.165) is 35.0 Å². The molecule has 112 valence electrons. The van der Waals surface area contributed by atoms with Crippen LogP contribution in [0.4, 0.5) is 5.82 Å². The third-order valence-corrected chi connectivity index (χ3v) is 4.76. The normalized spacial score (nSPS) is 22.3. The van der Waals surface area contributed by atoms with Crippen LogP contribution in [0.1, 0.15) is 39.0 Å². The van der Waals surface area contributed by atoms with E-state index in [1.54, 1.807) is 0 Å². The van der Waals surface area contributed by atoms with Crippen molar-refractivity contribution >= 4 is 16.6 Å². The van der Waals surface area contributed by atoms with Gasteiger partial charge in [-0.15, -0.1) is 0 Å². The van der Waals surface area contributed by atoms with Gasteiger partial charge in [0.15, 0.2) is 0 Å². The molecule has 0 amide bonds. The number of hydrogen-bond donors (Lipinski definition) is 2. The summed E-state index contributed by atoms with van der Waals surface area (Å²) in [4.78, 5) is 14.9. The lowest BCUT2D eigenvalue weighted by molar-refractivity contribution is 0.282. The van der Waals surface area contributed by atoms with Gasteiger partial charge in [-0.05, 0) is 35.8 Å². The molecule has 2 aromatic rings. The maximum atomic E-state index is 12.0. The molecule has 1 saturated carbocycles. The van der Waals surface area contributed by atoms with E-state index in [-0.39, 0.29) is 5.56 Å². The molecule has 3 nitrogen and oxygen atoms in total. The molecule has 0 saturated heterocycles. The summed E-state index contributed by atoms with van der Waals surface area (Å²) in [6.07, 6.45) is 6.66. The van der Waals surface area contributed by atoms with Gasteiger partial charge in [-0.1, -0.05) is 50.8 Å². The maximum Gasteiger partial charge on any atom is 0.257 e. The van der Waals surface area contributed by atoms with Crippen molar-refractivity contribution in [1.29, 1.82) is 0 Å². The lowest BCUT2D eigenvalue weighted by Gasteiger charge is -2.26. The summed E-state index contributed by atoms with van der Waals surface area (Å²) in [7, 11) is 0. The Morgan fingerprint density at radius 1 is 1.19 bits per heavy atom. The number of anilines is 1. The first-order valence-electron chi connectivity index (χ1n) is 8.08. The van der Waals surface area contributed by atoms with Crippen molar-refractivity contribution < 1.29 is 0 Å². The standard InChI is InChI=1S/C18H24N2O/c1-13-6-8-14(9-7-13)10-11-19-17-12-15-4-2-3-5-16(15)18(21)20-17/h2-5,12-14H,6-11H2,1H3,(H2,19,20,21). The summed E-state index contributed by atoms with van der Waals surface area (Å²) in [5.74, 6) is 2.59. The van der Waals surface area contributed by atoms with Crippen molar-refractivity contribution in [3.8, 4) is 0 Å². The van der Waals surface area contributed by atoms with Crippen LogP contribution in [0.25, 0.3) is 10.8 Å². The summed E-state index contributed by atoms with van der Waals surface area (Å²) in [5.41, 5.74) is -0.0120. The Morgan fingerprint density at radius 2 is 1.95 bits per heavy atom. The molecule has 0 radical (unpaired) electrons. The highest BCUT2D eigenvalue weighted by Crippen LogP contribution is 2.30. The molecule has 1 heterocycles. The zero-order valence-electron chi connectivity index (χ0n) is 12.7. The van der Waals surface area contributed by atoms with Gasteiger partial charge < -0.3 is 10.3 Å². The van der Waals surface area contributed by atoms with Gasteiger partial charge in [0, 0.05) is 11.9 Å². The molecule has 0 bridgehead atoms. The van der Waals surface area contributed by atoms with E-state index < -0.39 is 0 Å². The zero-order chi connectivity index (χ0) is 14.7. The van der Waals surface area contributed by atoms with Crippen LogP contribution in [0.2, 0.25) is 0 Å². The van der Waals surface area contributed by atoms with Crippen molar-refractivity contribution in [3.63, 3.8) is 0 Å². The molecular formula is C18H24N2O. The molecule has 0 spiro atoms. The Balaban J connectivity index is 1.59. The van der Waals surface area contributed by atoms with E-state index in [1.165, 1.54) is 32.1 Å². The highest BCUT2D eigenvalue weighted by molar-refractivity contribution is 5.83. The summed E-state index contributed by atoms with van der Waals surface area (Å²) >= 11 is 0. The number of pyridine rings is 1. The molecule has 21 heavy (non-hydrogen) atoms. The average molecular weight is 284 g/mol. The van der Waals surface area contributed by atoms with E-state index in [9.17, 15) is 4.79 Å². The summed E-state index contributed by atoms with van der Waals surface area (Å²) in [6.45, 7) is 3.29. The van der Waals surface area contributed by atoms with Crippen molar-refractivity contribution in [1.82, 2.24) is 4.98 Å². The largest absolute Gasteiger partial charge is 0.372 e. The maximum absolute atomic E-state index is 12.0. The molecule has 2 N–H and O–H groups in total. The van der Waals surface area contributed by atoms with E-state index >= 15 is 0 Å². The quantitative estimate of drug-likeness (QED) is 0.885. The van der Waals surface area contributed by atoms with Gasteiger partial charge in [0.05, 0.1) is 0 Å². The Hall–Kier alpha value is -1.77. The number of rotatable bonds is 4. The Morgan fingerprint density at radius 3 is 2.76 bits per heavy atom. The Bertz CT molecular complexity index is 654. The number of nitrogens with one attached hydrogen (secondary N) is 2. The molecule has 3 rings (SSSR count). The van der Waals surface area contributed by atoms with Gasteiger partial charge in [-0.25, -0.2) is 0 Å². The molecular weight excluding hydrogens is 260 g/mol. The number of aromatic amines is 1. The first-order valence-corrected chi connectivity index (χ1v) is 8.08. The van der Waals surface area contributed by atoms with E-state index in [2.05, 4.69) is 17.2 Å². The van der Waals surface area contributed by atoms with Crippen molar-refractivity contribution in [2.24, 2.45) is 11.8 Å². The van der Waals surface area contributed by atoms with Crippen LogP contribution < -0.4 is 10.9 Å². The Kier molecular flexibility index (Phi) is 4.28. The fraction of sp³-hybridized carbons (Fsp3) is 0.500. The molecule has 1 aliphatic carbocycles. The summed E-state index contributed by atoms with van der Waals surface area (Å²) in [5, 5.41) is 5.13. The highest BCUT2D eigenvalue weighted by atomic mass is 16.1. The Labute approximate surface area is 125 Å². The van der Waals surface area contributed by atoms with E-state index in [0.29, 0.717) is 0 Å². The molecule has 0 atom stereocenters. The molecule has 0 aliphatic heterocycles. The third kappa shape index (κ3) is 3.46. The number of fused-ring (bicyclic) bond motifs is 1. The molecule has 1 fully saturated rings. The summed E-state index contributed by atoms with van der Waals surface area (Å²) < 4.78 is 0. The molecule has 1 aliphatic rings. The fourth-order valence-electron chi connectivity index (χ4n) is 3.33. The second kappa shape index (κ2) is 6.33. The van der Waals surface area contributed by atoms with Crippen LogP contribution in [0.5, 0.6) is 0 Å². The summed E-state index contributed by atoms with van der Waals surface area (Å²) in [6, 6.07) is 9.74. The van der Waals surface area contributed by atoms with Crippen LogP contribution >= 0.6 is 0 Å². The van der Waals surface area contributed by atoms with Crippen LogP contribution in [-0.2, 0) is 0 Å². The second-order valence-corrected chi connectivity index (χ2v) is 6.44. The van der Waals surface area contributed by atoms with Crippen LogP contribution in [0, 0.1) is 11.8 Å². The van der Waals surface area contributed by atoms with Crippen molar-refractivity contribution in [2.45, 2.75) is 39.0 Å². The van der Waals surface area contributed by atoms with Gasteiger partial charge in [0.2, 0.25) is 0 Å².